The van der Waals surface area contributed by atoms with Crippen molar-refractivity contribution in [1.82, 2.24) is 0 Å². The van der Waals surface area contributed by atoms with Crippen LogP contribution < -0.4 is 4.74 Å². The lowest BCUT2D eigenvalue weighted by Gasteiger charge is -2.05. The van der Waals surface area contributed by atoms with Gasteiger partial charge in [-0.25, -0.2) is 0 Å². The van der Waals surface area contributed by atoms with Crippen molar-refractivity contribution in [2.75, 3.05) is 0 Å². The number of carbonyl (C=O) groups is 1. The number of benzene rings is 2. The second kappa shape index (κ2) is 4.65. The summed E-state index contributed by atoms with van der Waals surface area (Å²) in [5, 5.41) is 0. The number of rotatable bonds is 4. The minimum absolute atomic E-state index is 0.273. The second-order valence-corrected chi connectivity index (χ2v) is 4.60. The Morgan fingerprint density at radius 3 is 2.39 bits per heavy atom. The van der Waals surface area contributed by atoms with Gasteiger partial charge in [-0.2, -0.15) is 0 Å². The van der Waals surface area contributed by atoms with E-state index in [0.29, 0.717) is 11.5 Å². The monoisotopic (exact) mass is 238 g/mol. The minimum Gasteiger partial charge on any atom is -0.490 e. The van der Waals surface area contributed by atoms with Crippen LogP contribution in [0.5, 0.6) is 5.75 Å². The third-order valence-corrected chi connectivity index (χ3v) is 3.26. The average Bonchev–Trinajstić information content (AvgIpc) is 3.20. The summed E-state index contributed by atoms with van der Waals surface area (Å²) in [5.74, 6) is 1.35. The maximum absolute atomic E-state index is 10.5. The van der Waals surface area contributed by atoms with Crippen molar-refractivity contribution in [3.63, 3.8) is 0 Å². The van der Waals surface area contributed by atoms with Gasteiger partial charge in [-0.15, -0.1) is 0 Å². The van der Waals surface area contributed by atoms with Gasteiger partial charge in [0.2, 0.25) is 0 Å². The molecule has 2 nitrogen and oxygen atoms in total. The summed E-state index contributed by atoms with van der Waals surface area (Å²) in [7, 11) is 0. The molecule has 2 aromatic carbocycles. The highest BCUT2D eigenvalue weighted by molar-refractivity contribution is 5.74. The highest BCUT2D eigenvalue weighted by Crippen LogP contribution is 2.43. The maximum atomic E-state index is 10.5. The van der Waals surface area contributed by atoms with Gasteiger partial charge in [0.25, 0.3) is 0 Å². The third-order valence-electron chi connectivity index (χ3n) is 3.26. The molecule has 0 saturated heterocycles. The van der Waals surface area contributed by atoms with Gasteiger partial charge in [0.1, 0.15) is 18.1 Å². The van der Waals surface area contributed by atoms with Crippen LogP contribution in [0, 0.1) is 0 Å². The molecule has 2 atom stereocenters. The Kier molecular flexibility index (Phi) is 2.85. The molecule has 3 rings (SSSR count). The largest absolute Gasteiger partial charge is 0.490 e. The topological polar surface area (TPSA) is 26.3 Å². The van der Waals surface area contributed by atoms with Crippen LogP contribution in [0.1, 0.15) is 28.3 Å². The molecular weight excluding hydrogens is 224 g/mol. The fraction of sp³-hybridized carbons (Fsp3) is 0.188. The van der Waals surface area contributed by atoms with E-state index in [2.05, 4.69) is 24.3 Å². The van der Waals surface area contributed by atoms with Gasteiger partial charge in [0.15, 0.2) is 0 Å². The zero-order valence-corrected chi connectivity index (χ0v) is 9.95. The van der Waals surface area contributed by atoms with Crippen molar-refractivity contribution in [3.8, 4) is 5.75 Å². The maximum Gasteiger partial charge on any atom is 0.150 e. The van der Waals surface area contributed by atoms with Gasteiger partial charge in [-0.05, 0) is 36.2 Å². The molecule has 1 aliphatic carbocycles. The van der Waals surface area contributed by atoms with E-state index in [0.717, 1.165) is 18.5 Å². The summed E-state index contributed by atoms with van der Waals surface area (Å²) < 4.78 is 5.88. The lowest BCUT2D eigenvalue weighted by Crippen LogP contribution is -1.99. The van der Waals surface area contributed by atoms with Crippen LogP contribution in [0.25, 0.3) is 0 Å². The van der Waals surface area contributed by atoms with E-state index in [1.807, 2.05) is 18.2 Å². The van der Waals surface area contributed by atoms with E-state index in [-0.39, 0.29) is 6.10 Å². The molecule has 1 fully saturated rings. The van der Waals surface area contributed by atoms with Gasteiger partial charge in [-0.1, -0.05) is 30.3 Å². The van der Waals surface area contributed by atoms with Crippen molar-refractivity contribution in [1.29, 1.82) is 0 Å². The van der Waals surface area contributed by atoms with Crippen LogP contribution in [0.4, 0.5) is 0 Å². The molecular formula is C16H14O2. The normalized spacial score (nSPS) is 21.3. The fourth-order valence-electron chi connectivity index (χ4n) is 2.15. The Hall–Kier alpha value is -2.09. The molecule has 1 aliphatic rings. The number of ether oxygens (including phenoxy) is 1. The van der Waals surface area contributed by atoms with E-state index in [4.69, 9.17) is 4.74 Å². The predicted octanol–water partition coefficient (Wildman–Crippen LogP) is 3.43. The van der Waals surface area contributed by atoms with Crippen LogP contribution >= 0.6 is 0 Å². The van der Waals surface area contributed by atoms with Gasteiger partial charge in [-0.3, -0.25) is 4.79 Å². The molecule has 1 saturated carbocycles. The van der Waals surface area contributed by atoms with E-state index >= 15 is 0 Å². The first-order valence-electron chi connectivity index (χ1n) is 6.13. The quantitative estimate of drug-likeness (QED) is 0.763. The van der Waals surface area contributed by atoms with Crippen LogP contribution in [0.3, 0.4) is 0 Å². The molecule has 0 amide bonds. The summed E-state index contributed by atoms with van der Waals surface area (Å²) in [6.45, 7) is 0. The van der Waals surface area contributed by atoms with Crippen LogP contribution in [0.15, 0.2) is 54.6 Å². The standard InChI is InChI=1S/C16H14O2/c17-11-12-6-8-14(9-7-12)18-16-10-15(16)13-4-2-1-3-5-13/h1-9,11,15-16H,10H2/t15-,16-/m1/s1. The average molecular weight is 238 g/mol. The van der Waals surface area contributed by atoms with E-state index in [1.165, 1.54) is 5.56 Å². The van der Waals surface area contributed by atoms with Crippen LogP contribution in [-0.4, -0.2) is 12.4 Å². The first-order chi connectivity index (χ1) is 8.86. The SMILES string of the molecule is O=Cc1ccc(O[C@@H]2C[C@@H]2c2ccccc2)cc1. The molecule has 0 spiro atoms. The molecule has 0 unspecified atom stereocenters. The van der Waals surface area contributed by atoms with Crippen LogP contribution in [-0.2, 0) is 0 Å². The second-order valence-electron chi connectivity index (χ2n) is 4.60. The van der Waals surface area contributed by atoms with Gasteiger partial charge in [0, 0.05) is 11.5 Å². The molecule has 2 aromatic rings. The van der Waals surface area contributed by atoms with Crippen molar-refractivity contribution < 1.29 is 9.53 Å². The Balaban J connectivity index is 1.63. The number of hydrogen-bond donors (Lipinski definition) is 0. The van der Waals surface area contributed by atoms with Crippen molar-refractivity contribution in [2.45, 2.75) is 18.4 Å². The molecule has 0 radical (unpaired) electrons. The Morgan fingerprint density at radius 2 is 1.72 bits per heavy atom. The van der Waals surface area contributed by atoms with E-state index < -0.39 is 0 Å². The van der Waals surface area contributed by atoms with E-state index in [1.54, 1.807) is 12.1 Å². The Labute approximate surface area is 106 Å². The lowest BCUT2D eigenvalue weighted by atomic mass is 10.1. The molecule has 0 bridgehead atoms. The van der Waals surface area contributed by atoms with E-state index in [9.17, 15) is 4.79 Å². The lowest BCUT2D eigenvalue weighted by molar-refractivity contribution is 0.112. The zero-order valence-electron chi connectivity index (χ0n) is 9.95. The third kappa shape index (κ3) is 2.28. The van der Waals surface area contributed by atoms with Crippen molar-refractivity contribution >= 4 is 6.29 Å². The van der Waals surface area contributed by atoms with Gasteiger partial charge < -0.3 is 4.74 Å². The Bertz CT molecular complexity index is 531. The highest BCUT2D eigenvalue weighted by Gasteiger charge is 2.40. The number of hydrogen-bond acceptors (Lipinski definition) is 2. The molecule has 0 aromatic heterocycles. The molecule has 0 heterocycles. The zero-order chi connectivity index (χ0) is 12.4. The molecule has 0 N–H and O–H groups in total. The Morgan fingerprint density at radius 1 is 1.00 bits per heavy atom. The van der Waals surface area contributed by atoms with Crippen LogP contribution in [0.2, 0.25) is 0 Å². The minimum atomic E-state index is 0.273. The first-order valence-corrected chi connectivity index (χ1v) is 6.13. The summed E-state index contributed by atoms with van der Waals surface area (Å²) >= 11 is 0. The fourth-order valence-corrected chi connectivity index (χ4v) is 2.15. The summed E-state index contributed by atoms with van der Waals surface area (Å²) in [6, 6.07) is 17.7. The number of aldehydes is 1. The van der Waals surface area contributed by atoms with Crippen molar-refractivity contribution in [3.05, 3.63) is 65.7 Å². The summed E-state index contributed by atoms with van der Waals surface area (Å²) in [4.78, 5) is 10.5. The highest BCUT2D eigenvalue weighted by atomic mass is 16.5. The molecule has 0 aliphatic heterocycles. The van der Waals surface area contributed by atoms with Crippen molar-refractivity contribution in [2.24, 2.45) is 0 Å². The smallest absolute Gasteiger partial charge is 0.150 e. The van der Waals surface area contributed by atoms with Gasteiger partial charge in [0.05, 0.1) is 0 Å². The summed E-state index contributed by atoms with van der Waals surface area (Å²) in [5.41, 5.74) is 2.02. The first kappa shape index (κ1) is 11.0. The predicted molar refractivity (Wildman–Crippen MR) is 70.0 cm³/mol. The molecule has 90 valence electrons. The molecule has 2 heteroatoms. The van der Waals surface area contributed by atoms with Gasteiger partial charge >= 0.3 is 0 Å². The number of carbonyl (C=O) groups excluding carboxylic acids is 1. The molecule has 18 heavy (non-hydrogen) atoms. The summed E-state index contributed by atoms with van der Waals surface area (Å²) in [6.07, 6.45) is 2.18.